The lowest BCUT2D eigenvalue weighted by Crippen LogP contribution is -2.32. The van der Waals surface area contributed by atoms with E-state index in [0.717, 1.165) is 28.2 Å². The number of hydrogen-bond acceptors (Lipinski definition) is 4. The second-order valence-corrected chi connectivity index (χ2v) is 8.23. The molecule has 1 fully saturated rings. The van der Waals surface area contributed by atoms with Crippen LogP contribution in [0.4, 0.5) is 0 Å². The highest BCUT2D eigenvalue weighted by molar-refractivity contribution is 5.94. The first kappa shape index (κ1) is 18.5. The number of rotatable bonds is 6. The predicted molar refractivity (Wildman–Crippen MR) is 115 cm³/mol. The van der Waals surface area contributed by atoms with E-state index in [9.17, 15) is 4.79 Å². The van der Waals surface area contributed by atoms with Crippen LogP contribution in [0.25, 0.3) is 22.4 Å². The summed E-state index contributed by atoms with van der Waals surface area (Å²) in [5.41, 5.74) is 3.36. The molecular formula is C23H24N6O. The molecule has 3 N–H and O–H groups in total. The highest BCUT2D eigenvalue weighted by Crippen LogP contribution is 2.38. The Bertz CT molecular complexity index is 1150. The van der Waals surface area contributed by atoms with Gasteiger partial charge in [0.15, 0.2) is 5.82 Å². The summed E-state index contributed by atoms with van der Waals surface area (Å²) >= 11 is 0. The van der Waals surface area contributed by atoms with Crippen LogP contribution in [0.1, 0.15) is 60.7 Å². The van der Waals surface area contributed by atoms with E-state index in [1.165, 1.54) is 12.8 Å². The smallest absolute Gasteiger partial charge is 0.251 e. The molecule has 7 heteroatoms. The summed E-state index contributed by atoms with van der Waals surface area (Å²) < 4.78 is 0. The second kappa shape index (κ2) is 7.40. The fraction of sp³-hybridized carbons (Fsp3) is 0.304. The van der Waals surface area contributed by atoms with Crippen molar-refractivity contribution in [2.24, 2.45) is 5.92 Å². The monoisotopic (exact) mass is 400 g/mol. The molecule has 0 saturated heterocycles. The van der Waals surface area contributed by atoms with Gasteiger partial charge in [0.25, 0.3) is 5.91 Å². The molecule has 4 aromatic rings. The summed E-state index contributed by atoms with van der Waals surface area (Å²) in [6, 6.07) is 15.1. The Morgan fingerprint density at radius 3 is 2.53 bits per heavy atom. The van der Waals surface area contributed by atoms with Crippen LogP contribution in [0, 0.1) is 5.92 Å². The van der Waals surface area contributed by atoms with Gasteiger partial charge in [0, 0.05) is 17.0 Å². The van der Waals surface area contributed by atoms with Crippen molar-refractivity contribution in [1.82, 2.24) is 30.5 Å². The van der Waals surface area contributed by atoms with Gasteiger partial charge in [-0.1, -0.05) is 38.1 Å². The largest absolute Gasteiger partial charge is 0.342 e. The summed E-state index contributed by atoms with van der Waals surface area (Å²) in [7, 11) is 0. The van der Waals surface area contributed by atoms with E-state index in [4.69, 9.17) is 0 Å². The van der Waals surface area contributed by atoms with E-state index < -0.39 is 0 Å². The van der Waals surface area contributed by atoms with Crippen molar-refractivity contribution in [2.75, 3.05) is 0 Å². The van der Waals surface area contributed by atoms with Crippen LogP contribution >= 0.6 is 0 Å². The fourth-order valence-electron chi connectivity index (χ4n) is 3.61. The number of nitrogens with zero attached hydrogens (tertiary/aromatic N) is 3. The van der Waals surface area contributed by atoms with Crippen molar-refractivity contribution in [2.45, 2.75) is 38.6 Å². The minimum absolute atomic E-state index is 0.130. The van der Waals surface area contributed by atoms with E-state index >= 15 is 0 Å². The third kappa shape index (κ3) is 3.58. The number of amides is 1. The third-order valence-electron chi connectivity index (χ3n) is 5.53. The molecule has 1 amide bonds. The molecule has 2 aromatic carbocycles. The highest BCUT2D eigenvalue weighted by atomic mass is 16.1. The molecule has 0 bridgehead atoms. The highest BCUT2D eigenvalue weighted by Gasteiger charge is 2.27. The number of imidazole rings is 1. The van der Waals surface area contributed by atoms with Crippen molar-refractivity contribution >= 4 is 16.9 Å². The molecule has 1 atom stereocenters. The number of fused-ring (bicyclic) bond motifs is 1. The summed E-state index contributed by atoms with van der Waals surface area (Å²) in [5, 5.41) is 10.5. The molecule has 2 aromatic heterocycles. The SMILES string of the molecule is CC(C)[C@H](NC(=O)c1ccc(-c2n[nH]c(C3CC3)n2)cc1)c1nc2ccccc2[nH]1. The Balaban J connectivity index is 1.33. The maximum Gasteiger partial charge on any atom is 0.251 e. The van der Waals surface area contributed by atoms with Crippen LogP contribution in [-0.2, 0) is 0 Å². The van der Waals surface area contributed by atoms with Gasteiger partial charge >= 0.3 is 0 Å². The van der Waals surface area contributed by atoms with Crippen molar-refractivity contribution in [3.05, 3.63) is 65.7 Å². The van der Waals surface area contributed by atoms with E-state index in [-0.39, 0.29) is 17.9 Å². The lowest BCUT2D eigenvalue weighted by atomic mass is 10.0. The van der Waals surface area contributed by atoms with E-state index in [1.807, 2.05) is 48.5 Å². The summed E-state index contributed by atoms with van der Waals surface area (Å²) in [6.07, 6.45) is 2.35. The van der Waals surface area contributed by atoms with Crippen molar-refractivity contribution in [3.63, 3.8) is 0 Å². The Kier molecular flexibility index (Phi) is 4.58. The minimum atomic E-state index is -0.210. The van der Waals surface area contributed by atoms with Gasteiger partial charge in [-0.2, -0.15) is 5.10 Å². The second-order valence-electron chi connectivity index (χ2n) is 8.23. The number of para-hydroxylation sites is 2. The lowest BCUT2D eigenvalue weighted by Gasteiger charge is -2.20. The maximum atomic E-state index is 12.9. The standard InChI is InChI=1S/C23H24N6O/c1-13(2)19(22-24-17-5-3-4-6-18(17)25-22)26-23(30)16-11-9-15(10-12-16)21-27-20(28-29-21)14-7-8-14/h3-6,9-14,19H,7-8H2,1-2H3,(H,24,25)(H,26,30)(H,27,28,29)/t19-/m0/s1. The maximum absolute atomic E-state index is 12.9. The first-order valence-electron chi connectivity index (χ1n) is 10.4. The fourth-order valence-corrected chi connectivity index (χ4v) is 3.61. The molecule has 0 spiro atoms. The zero-order valence-corrected chi connectivity index (χ0v) is 17.0. The first-order chi connectivity index (χ1) is 14.6. The topological polar surface area (TPSA) is 99.3 Å². The average molecular weight is 400 g/mol. The van der Waals surface area contributed by atoms with Crippen LogP contribution < -0.4 is 5.32 Å². The van der Waals surface area contributed by atoms with Crippen LogP contribution in [0.3, 0.4) is 0 Å². The van der Waals surface area contributed by atoms with Gasteiger partial charge < -0.3 is 10.3 Å². The molecule has 2 heterocycles. The van der Waals surface area contributed by atoms with E-state index in [1.54, 1.807) is 0 Å². The third-order valence-corrected chi connectivity index (χ3v) is 5.53. The normalized spacial score (nSPS) is 14.9. The number of hydrogen-bond donors (Lipinski definition) is 3. The molecule has 1 saturated carbocycles. The van der Waals surface area contributed by atoms with Crippen molar-refractivity contribution in [3.8, 4) is 11.4 Å². The molecule has 1 aliphatic carbocycles. The van der Waals surface area contributed by atoms with Gasteiger partial charge in [0.2, 0.25) is 0 Å². The number of carbonyl (C=O) groups excluding carboxylic acids is 1. The van der Waals surface area contributed by atoms with Gasteiger partial charge in [-0.3, -0.25) is 9.89 Å². The van der Waals surface area contributed by atoms with E-state index in [0.29, 0.717) is 17.3 Å². The average Bonchev–Trinajstić information content (AvgIpc) is 3.33. The quantitative estimate of drug-likeness (QED) is 0.448. The number of H-pyrrole nitrogens is 2. The molecule has 152 valence electrons. The molecule has 30 heavy (non-hydrogen) atoms. The number of carbonyl (C=O) groups is 1. The lowest BCUT2D eigenvalue weighted by molar-refractivity contribution is 0.0923. The molecule has 5 rings (SSSR count). The summed E-state index contributed by atoms with van der Waals surface area (Å²) in [6.45, 7) is 4.14. The van der Waals surface area contributed by atoms with Gasteiger partial charge in [-0.15, -0.1) is 0 Å². The summed E-state index contributed by atoms with van der Waals surface area (Å²) in [5.74, 6) is 2.98. The van der Waals surface area contributed by atoms with Crippen LogP contribution in [-0.4, -0.2) is 31.1 Å². The van der Waals surface area contributed by atoms with Crippen molar-refractivity contribution < 1.29 is 4.79 Å². The van der Waals surface area contributed by atoms with Gasteiger partial charge in [-0.05, 0) is 43.0 Å². The predicted octanol–water partition coefficient (Wildman–Crippen LogP) is 4.35. The number of aromatic nitrogens is 5. The van der Waals surface area contributed by atoms with Crippen LogP contribution in [0.5, 0.6) is 0 Å². The molecule has 0 aliphatic heterocycles. The van der Waals surface area contributed by atoms with Gasteiger partial charge in [0.05, 0.1) is 17.1 Å². The Labute approximate surface area is 174 Å². The van der Waals surface area contributed by atoms with Crippen molar-refractivity contribution in [1.29, 1.82) is 0 Å². The van der Waals surface area contributed by atoms with Gasteiger partial charge in [0.1, 0.15) is 11.6 Å². The Morgan fingerprint density at radius 2 is 1.83 bits per heavy atom. The molecule has 0 unspecified atom stereocenters. The molecule has 1 aliphatic rings. The first-order valence-corrected chi connectivity index (χ1v) is 10.4. The zero-order valence-electron chi connectivity index (χ0n) is 17.0. The Hall–Kier alpha value is -3.48. The zero-order chi connectivity index (χ0) is 20.7. The van der Waals surface area contributed by atoms with Gasteiger partial charge in [-0.25, -0.2) is 9.97 Å². The van der Waals surface area contributed by atoms with E-state index in [2.05, 4.69) is 44.3 Å². The minimum Gasteiger partial charge on any atom is -0.342 e. The van der Waals surface area contributed by atoms with Crippen LogP contribution in [0.15, 0.2) is 48.5 Å². The number of benzene rings is 2. The van der Waals surface area contributed by atoms with Crippen LogP contribution in [0.2, 0.25) is 0 Å². The number of nitrogens with one attached hydrogen (secondary N) is 3. The molecule has 7 nitrogen and oxygen atoms in total. The number of aromatic amines is 2. The molecular weight excluding hydrogens is 376 g/mol. The summed E-state index contributed by atoms with van der Waals surface area (Å²) in [4.78, 5) is 25.5. The Morgan fingerprint density at radius 1 is 1.07 bits per heavy atom. The molecule has 0 radical (unpaired) electrons.